The molecule has 1 heterocycles. The van der Waals surface area contributed by atoms with Crippen LogP contribution < -0.4 is 16.2 Å². The molecule has 0 bridgehead atoms. The molecule has 92 valence electrons. The predicted molar refractivity (Wildman–Crippen MR) is 64.2 cm³/mol. The van der Waals surface area contributed by atoms with Crippen molar-refractivity contribution in [1.82, 2.24) is 15.2 Å². The summed E-state index contributed by atoms with van der Waals surface area (Å²) in [5, 5.41) is 14.5. The number of nitrogen functional groups attached to an aromatic ring is 2. The van der Waals surface area contributed by atoms with Gasteiger partial charge in [0.05, 0.1) is 12.3 Å². The molecule has 17 heavy (non-hydrogen) atoms. The van der Waals surface area contributed by atoms with E-state index in [9.17, 15) is 0 Å². The minimum absolute atomic E-state index is 0.0240. The number of rotatable bonds is 3. The number of hydrogen-bond acceptors (Lipinski definition) is 6. The van der Waals surface area contributed by atoms with Gasteiger partial charge in [-0.25, -0.2) is 4.98 Å². The first-order valence-corrected chi connectivity index (χ1v) is 4.91. The first-order valence-electron chi connectivity index (χ1n) is 4.91. The number of aliphatic hydroxyl groups excluding tert-OH is 1. The molecule has 0 unspecified atom stereocenters. The lowest BCUT2D eigenvalue weighted by Crippen LogP contribution is -2.04. The second-order valence-corrected chi connectivity index (χ2v) is 3.02. The van der Waals surface area contributed by atoms with Crippen molar-refractivity contribution in [3.05, 3.63) is 30.9 Å². The van der Waals surface area contributed by atoms with Gasteiger partial charge in [-0.3, -0.25) is 5.10 Å². The molecule has 2 aromatic rings. The number of nitrogens with two attached hydrogens (primary N) is 2. The number of aromatic nitrogens is 3. The van der Waals surface area contributed by atoms with E-state index in [2.05, 4.69) is 15.2 Å². The van der Waals surface area contributed by atoms with Gasteiger partial charge in [-0.15, -0.1) is 0 Å². The number of hydrogen-bond donors (Lipinski definition) is 4. The van der Waals surface area contributed by atoms with Crippen molar-refractivity contribution < 1.29 is 9.84 Å². The number of H-pyrrole nitrogens is 1. The zero-order valence-electron chi connectivity index (χ0n) is 9.21. The van der Waals surface area contributed by atoms with E-state index in [0.717, 1.165) is 0 Å². The van der Waals surface area contributed by atoms with Crippen LogP contribution in [0.1, 0.15) is 0 Å². The first-order chi connectivity index (χ1) is 8.24. The fraction of sp³-hybridized carbons (Fsp3) is 0.200. The van der Waals surface area contributed by atoms with Crippen LogP contribution in [0.5, 0.6) is 5.75 Å². The maximum Gasteiger partial charge on any atom is 0.142 e. The van der Waals surface area contributed by atoms with Crippen molar-refractivity contribution in [2.45, 2.75) is 0 Å². The Morgan fingerprint density at radius 3 is 2.65 bits per heavy atom. The van der Waals surface area contributed by atoms with E-state index < -0.39 is 0 Å². The van der Waals surface area contributed by atoms with Crippen molar-refractivity contribution >= 4 is 11.4 Å². The van der Waals surface area contributed by atoms with Gasteiger partial charge in [0, 0.05) is 5.69 Å². The van der Waals surface area contributed by atoms with Crippen LogP contribution in [0.2, 0.25) is 0 Å². The number of aliphatic hydroxyl groups is 1. The van der Waals surface area contributed by atoms with Crippen LogP contribution >= 0.6 is 0 Å². The lowest BCUT2D eigenvalue weighted by Gasteiger charge is -2.07. The Morgan fingerprint density at radius 1 is 1.35 bits per heavy atom. The molecule has 0 spiro atoms. The van der Waals surface area contributed by atoms with Gasteiger partial charge in [0.15, 0.2) is 0 Å². The summed E-state index contributed by atoms with van der Waals surface area (Å²) in [5.74, 6) is 0.554. The summed E-state index contributed by atoms with van der Waals surface area (Å²) in [6.07, 6.45) is 2.96. The van der Waals surface area contributed by atoms with Crippen LogP contribution in [0.3, 0.4) is 0 Å². The largest absolute Gasteiger partial charge is 0.489 e. The van der Waals surface area contributed by atoms with Gasteiger partial charge >= 0.3 is 0 Å². The van der Waals surface area contributed by atoms with Crippen LogP contribution in [0, 0.1) is 0 Å². The van der Waals surface area contributed by atoms with Crippen molar-refractivity contribution in [2.24, 2.45) is 0 Å². The normalized spacial score (nSPS) is 9.24. The Hall–Kier alpha value is -2.28. The van der Waals surface area contributed by atoms with E-state index >= 15 is 0 Å². The fourth-order valence-corrected chi connectivity index (χ4v) is 1.02. The second kappa shape index (κ2) is 7.07. The molecule has 0 aliphatic rings. The van der Waals surface area contributed by atoms with E-state index in [1.54, 1.807) is 18.2 Å². The highest BCUT2D eigenvalue weighted by atomic mass is 16.5. The second-order valence-electron chi connectivity index (χ2n) is 3.02. The summed E-state index contributed by atoms with van der Waals surface area (Å²) in [5.41, 5.74) is 12.1. The number of aromatic amines is 1. The quantitative estimate of drug-likeness (QED) is 0.558. The molecule has 2 rings (SSSR count). The molecular formula is C10H15N5O2. The smallest absolute Gasteiger partial charge is 0.142 e. The van der Waals surface area contributed by atoms with Crippen LogP contribution in [0.15, 0.2) is 30.9 Å². The van der Waals surface area contributed by atoms with E-state index in [-0.39, 0.29) is 13.2 Å². The van der Waals surface area contributed by atoms with Crippen LogP contribution in [-0.2, 0) is 0 Å². The third-order valence-corrected chi connectivity index (χ3v) is 1.71. The number of benzene rings is 1. The molecule has 0 aliphatic heterocycles. The molecule has 6 N–H and O–H groups in total. The van der Waals surface area contributed by atoms with Gasteiger partial charge in [0.1, 0.15) is 25.0 Å². The monoisotopic (exact) mass is 237 g/mol. The highest BCUT2D eigenvalue weighted by Gasteiger charge is 1.98. The summed E-state index contributed by atoms with van der Waals surface area (Å²) in [6, 6.07) is 5.00. The molecule has 0 radical (unpaired) electrons. The van der Waals surface area contributed by atoms with E-state index in [4.69, 9.17) is 21.3 Å². The number of nitrogens with one attached hydrogen (secondary N) is 1. The first kappa shape index (κ1) is 12.8. The SMILES string of the molecule is Nc1ccc(OCCO)c(N)c1.c1nc[nH]n1. The molecule has 0 fully saturated rings. The molecule has 7 heteroatoms. The van der Waals surface area contributed by atoms with Gasteiger partial charge in [0.25, 0.3) is 0 Å². The third-order valence-electron chi connectivity index (χ3n) is 1.71. The molecule has 0 aliphatic carbocycles. The molecule has 0 amide bonds. The molecule has 0 saturated carbocycles. The highest BCUT2D eigenvalue weighted by molar-refractivity contribution is 5.60. The Kier molecular flexibility index (Phi) is 5.32. The zero-order chi connectivity index (χ0) is 12.5. The molecule has 1 aromatic carbocycles. The predicted octanol–water partition coefficient (Wildman–Crippen LogP) is 0.0268. The van der Waals surface area contributed by atoms with Crippen LogP contribution in [0.4, 0.5) is 11.4 Å². The summed E-state index contributed by atoms with van der Waals surface area (Å²) in [6.45, 7) is 0.220. The maximum atomic E-state index is 8.48. The summed E-state index contributed by atoms with van der Waals surface area (Å²) in [4.78, 5) is 3.56. The highest BCUT2D eigenvalue weighted by Crippen LogP contribution is 2.23. The summed E-state index contributed by atoms with van der Waals surface area (Å²) < 4.78 is 5.11. The van der Waals surface area contributed by atoms with Gasteiger partial charge in [-0.1, -0.05) is 0 Å². The van der Waals surface area contributed by atoms with Gasteiger partial charge in [-0.2, -0.15) is 5.10 Å². The van der Waals surface area contributed by atoms with E-state index in [0.29, 0.717) is 17.1 Å². The lowest BCUT2D eigenvalue weighted by atomic mass is 10.2. The van der Waals surface area contributed by atoms with Crippen molar-refractivity contribution in [3.8, 4) is 5.75 Å². The van der Waals surface area contributed by atoms with Crippen molar-refractivity contribution in [3.63, 3.8) is 0 Å². The maximum absolute atomic E-state index is 8.48. The van der Waals surface area contributed by atoms with Gasteiger partial charge in [-0.05, 0) is 18.2 Å². The molecule has 0 atom stereocenters. The average Bonchev–Trinajstić information content (AvgIpc) is 2.86. The number of ether oxygens (including phenoxy) is 1. The zero-order valence-corrected chi connectivity index (χ0v) is 9.21. The average molecular weight is 237 g/mol. The Bertz CT molecular complexity index is 401. The molecule has 7 nitrogen and oxygen atoms in total. The van der Waals surface area contributed by atoms with E-state index in [1.807, 2.05) is 0 Å². The number of anilines is 2. The van der Waals surface area contributed by atoms with Crippen LogP contribution in [0.25, 0.3) is 0 Å². The minimum atomic E-state index is -0.0240. The Labute approximate surface area is 98.4 Å². The van der Waals surface area contributed by atoms with Crippen molar-refractivity contribution in [1.29, 1.82) is 0 Å². The molecular weight excluding hydrogens is 222 g/mol. The summed E-state index contributed by atoms with van der Waals surface area (Å²) >= 11 is 0. The van der Waals surface area contributed by atoms with Gasteiger partial charge in [0.2, 0.25) is 0 Å². The van der Waals surface area contributed by atoms with E-state index in [1.165, 1.54) is 12.7 Å². The minimum Gasteiger partial charge on any atom is -0.489 e. The summed E-state index contributed by atoms with van der Waals surface area (Å²) in [7, 11) is 0. The number of nitrogens with zero attached hydrogens (tertiary/aromatic N) is 2. The Morgan fingerprint density at radius 2 is 2.18 bits per heavy atom. The standard InChI is InChI=1S/C8H12N2O2.C2H3N3/c9-6-1-2-8(7(10)5-6)12-4-3-11;1-3-2-5-4-1/h1-2,5,11H,3-4,9-10H2;1-2H,(H,3,4,5). The Balaban J connectivity index is 0.000000239. The molecule has 0 saturated heterocycles. The van der Waals surface area contributed by atoms with Crippen LogP contribution in [-0.4, -0.2) is 33.5 Å². The van der Waals surface area contributed by atoms with Gasteiger partial charge < -0.3 is 21.3 Å². The lowest BCUT2D eigenvalue weighted by molar-refractivity contribution is 0.202. The molecule has 1 aromatic heterocycles. The van der Waals surface area contributed by atoms with Crippen molar-refractivity contribution in [2.75, 3.05) is 24.7 Å². The topological polar surface area (TPSA) is 123 Å². The third kappa shape index (κ3) is 4.85. The fourth-order valence-electron chi connectivity index (χ4n) is 1.02.